The lowest BCUT2D eigenvalue weighted by Gasteiger charge is -2.25. The van der Waals surface area contributed by atoms with E-state index >= 15 is 0 Å². The molecule has 6 heteroatoms. The summed E-state index contributed by atoms with van der Waals surface area (Å²) >= 11 is 0. The molecule has 0 radical (unpaired) electrons. The molecule has 25 heavy (non-hydrogen) atoms. The summed E-state index contributed by atoms with van der Waals surface area (Å²) in [5, 5.41) is 13.5. The van der Waals surface area contributed by atoms with Crippen molar-refractivity contribution in [3.63, 3.8) is 0 Å². The van der Waals surface area contributed by atoms with Crippen LogP contribution in [0.5, 0.6) is 0 Å². The minimum absolute atomic E-state index is 0.00795. The lowest BCUT2D eigenvalue weighted by atomic mass is 10.2. The zero-order valence-electron chi connectivity index (χ0n) is 14.3. The van der Waals surface area contributed by atoms with Crippen LogP contribution in [-0.4, -0.2) is 32.6 Å². The van der Waals surface area contributed by atoms with Gasteiger partial charge < -0.3 is 4.90 Å². The summed E-state index contributed by atoms with van der Waals surface area (Å²) in [5.41, 5.74) is 2.18. The lowest BCUT2D eigenvalue weighted by Crippen LogP contribution is -2.37. The van der Waals surface area contributed by atoms with Crippen LogP contribution in [0.2, 0.25) is 0 Å². The maximum Gasteiger partial charge on any atom is 0.266 e. The van der Waals surface area contributed by atoms with Gasteiger partial charge in [-0.25, -0.2) is 4.68 Å². The van der Waals surface area contributed by atoms with E-state index in [4.69, 9.17) is 0 Å². The first kappa shape index (κ1) is 15.0. The molecule has 3 fully saturated rings. The van der Waals surface area contributed by atoms with E-state index in [-0.39, 0.29) is 11.6 Å². The third kappa shape index (κ3) is 3.05. The zero-order chi connectivity index (χ0) is 16.8. The number of hydrogen-bond donors (Lipinski definition) is 0. The molecular weight excluding hydrogens is 314 g/mol. The maximum absolute atomic E-state index is 12.2. The highest BCUT2D eigenvalue weighted by Crippen LogP contribution is 2.39. The fourth-order valence-electron chi connectivity index (χ4n) is 3.80. The number of anilines is 1. The number of hydrogen-bond acceptors (Lipinski definition) is 5. The predicted molar refractivity (Wildman–Crippen MR) is 94.8 cm³/mol. The number of aromatic nitrogens is 4. The summed E-state index contributed by atoms with van der Waals surface area (Å²) in [4.78, 5) is 14.5. The molecule has 2 saturated carbocycles. The van der Waals surface area contributed by atoms with Gasteiger partial charge in [0.1, 0.15) is 0 Å². The fraction of sp³-hybridized carbons (Fsp3) is 0.579. The summed E-state index contributed by atoms with van der Waals surface area (Å²) in [6.45, 7) is 1.60. The van der Waals surface area contributed by atoms with Crippen LogP contribution in [0.15, 0.2) is 29.1 Å². The molecule has 0 bridgehead atoms. The van der Waals surface area contributed by atoms with Gasteiger partial charge in [-0.05, 0) is 56.7 Å². The number of nitrogens with zero attached hydrogens (tertiary/aromatic N) is 5. The molecule has 6 nitrogen and oxygen atoms in total. The van der Waals surface area contributed by atoms with Gasteiger partial charge in [-0.2, -0.15) is 10.2 Å². The SMILES string of the molecule is O=c1ccc(C2CC2)nn1CC1CCCN1c1ccc(C2CC2)nn1. The van der Waals surface area contributed by atoms with Crippen molar-refractivity contribution in [2.24, 2.45) is 0 Å². The second-order valence-corrected chi connectivity index (χ2v) is 7.63. The second-order valence-electron chi connectivity index (χ2n) is 7.63. The second kappa shape index (κ2) is 5.93. The Balaban J connectivity index is 1.36. The molecule has 1 saturated heterocycles. The van der Waals surface area contributed by atoms with Gasteiger partial charge in [0.15, 0.2) is 5.82 Å². The third-order valence-corrected chi connectivity index (χ3v) is 5.60. The van der Waals surface area contributed by atoms with E-state index in [0.717, 1.165) is 36.6 Å². The summed E-state index contributed by atoms with van der Waals surface area (Å²) in [5.74, 6) is 2.12. The van der Waals surface area contributed by atoms with Gasteiger partial charge in [0.25, 0.3) is 5.56 Å². The Hall–Kier alpha value is -2.24. The molecular formula is C19H23N5O. The van der Waals surface area contributed by atoms with Crippen molar-refractivity contribution < 1.29 is 0 Å². The topological polar surface area (TPSA) is 63.9 Å². The molecule has 0 N–H and O–H groups in total. The Kier molecular flexibility index (Phi) is 3.57. The van der Waals surface area contributed by atoms with Gasteiger partial charge in [0.2, 0.25) is 0 Å². The normalized spacial score (nSPS) is 23.2. The van der Waals surface area contributed by atoms with Crippen molar-refractivity contribution >= 4 is 5.82 Å². The van der Waals surface area contributed by atoms with Crippen molar-refractivity contribution in [2.45, 2.75) is 62.9 Å². The van der Waals surface area contributed by atoms with E-state index in [1.807, 2.05) is 6.07 Å². The van der Waals surface area contributed by atoms with Gasteiger partial charge in [0, 0.05) is 24.4 Å². The van der Waals surface area contributed by atoms with Gasteiger partial charge in [0.05, 0.1) is 24.0 Å². The van der Waals surface area contributed by atoms with Crippen molar-refractivity contribution in [3.05, 3.63) is 46.0 Å². The highest BCUT2D eigenvalue weighted by Gasteiger charge is 2.30. The van der Waals surface area contributed by atoms with Crippen molar-refractivity contribution in [3.8, 4) is 0 Å². The predicted octanol–water partition coefficient (Wildman–Crippen LogP) is 2.46. The van der Waals surface area contributed by atoms with Crippen LogP contribution in [0.4, 0.5) is 5.82 Å². The first-order chi connectivity index (χ1) is 12.3. The van der Waals surface area contributed by atoms with Crippen LogP contribution in [0.3, 0.4) is 0 Å². The molecule has 2 aromatic heterocycles. The van der Waals surface area contributed by atoms with Gasteiger partial charge in [-0.1, -0.05) is 0 Å². The third-order valence-electron chi connectivity index (χ3n) is 5.60. The highest BCUT2D eigenvalue weighted by atomic mass is 16.1. The van der Waals surface area contributed by atoms with Crippen LogP contribution < -0.4 is 10.5 Å². The van der Waals surface area contributed by atoms with Crippen molar-refractivity contribution in [2.75, 3.05) is 11.4 Å². The Labute approximate surface area is 146 Å². The van der Waals surface area contributed by atoms with E-state index in [1.54, 1.807) is 10.7 Å². The molecule has 1 atom stereocenters. The average molecular weight is 337 g/mol. The molecule has 2 aliphatic carbocycles. The molecule has 1 unspecified atom stereocenters. The van der Waals surface area contributed by atoms with Crippen LogP contribution in [0.1, 0.15) is 61.7 Å². The zero-order valence-corrected chi connectivity index (χ0v) is 14.3. The summed E-state index contributed by atoms with van der Waals surface area (Å²) in [6.07, 6.45) is 7.06. The first-order valence-electron chi connectivity index (χ1n) is 9.46. The average Bonchev–Trinajstić information content (AvgIpc) is 3.55. The molecule has 130 valence electrons. The molecule has 0 aromatic carbocycles. The Morgan fingerprint density at radius 3 is 2.40 bits per heavy atom. The van der Waals surface area contributed by atoms with Crippen LogP contribution in [0.25, 0.3) is 0 Å². The monoisotopic (exact) mass is 337 g/mol. The van der Waals surface area contributed by atoms with E-state index in [0.29, 0.717) is 18.4 Å². The van der Waals surface area contributed by atoms with Crippen LogP contribution >= 0.6 is 0 Å². The fourth-order valence-corrected chi connectivity index (χ4v) is 3.80. The first-order valence-corrected chi connectivity index (χ1v) is 9.46. The highest BCUT2D eigenvalue weighted by molar-refractivity contribution is 5.40. The Bertz CT molecular complexity index is 822. The van der Waals surface area contributed by atoms with Gasteiger partial charge in [-0.15, -0.1) is 5.10 Å². The summed E-state index contributed by atoms with van der Waals surface area (Å²) in [6, 6.07) is 8.04. The van der Waals surface area contributed by atoms with Crippen molar-refractivity contribution in [1.29, 1.82) is 0 Å². The van der Waals surface area contributed by atoms with E-state index < -0.39 is 0 Å². The van der Waals surface area contributed by atoms with Crippen LogP contribution in [0, 0.1) is 0 Å². The van der Waals surface area contributed by atoms with E-state index in [9.17, 15) is 4.79 Å². The van der Waals surface area contributed by atoms with Gasteiger partial charge in [-0.3, -0.25) is 4.79 Å². The molecule has 1 aliphatic heterocycles. The minimum atomic E-state index is -0.00795. The smallest absolute Gasteiger partial charge is 0.266 e. The maximum atomic E-state index is 12.2. The minimum Gasteiger partial charge on any atom is -0.350 e. The van der Waals surface area contributed by atoms with E-state index in [1.165, 1.54) is 25.7 Å². The quantitative estimate of drug-likeness (QED) is 0.838. The molecule has 5 rings (SSSR count). The summed E-state index contributed by atoms with van der Waals surface area (Å²) in [7, 11) is 0. The molecule has 0 amide bonds. The van der Waals surface area contributed by atoms with E-state index in [2.05, 4.69) is 32.3 Å². The Morgan fingerprint density at radius 2 is 1.68 bits per heavy atom. The summed E-state index contributed by atoms with van der Waals surface area (Å²) < 4.78 is 1.66. The largest absolute Gasteiger partial charge is 0.350 e. The molecule has 3 heterocycles. The van der Waals surface area contributed by atoms with Crippen molar-refractivity contribution in [1.82, 2.24) is 20.0 Å². The molecule has 2 aromatic rings. The van der Waals surface area contributed by atoms with Crippen LogP contribution in [-0.2, 0) is 6.54 Å². The molecule has 3 aliphatic rings. The standard InChI is InChI=1S/C19H23N5O/c25-19-10-8-17(14-5-6-14)22-24(19)12-15-2-1-11-23(15)18-9-7-16(20-21-18)13-3-4-13/h7-10,13-15H,1-6,11-12H2. The Morgan fingerprint density at radius 1 is 0.920 bits per heavy atom. The number of rotatable bonds is 5. The lowest BCUT2D eigenvalue weighted by molar-refractivity contribution is 0.480. The molecule has 0 spiro atoms. The van der Waals surface area contributed by atoms with Gasteiger partial charge >= 0.3 is 0 Å².